The molecule has 0 saturated carbocycles. The van der Waals surface area contributed by atoms with Crippen molar-refractivity contribution in [2.45, 2.75) is 6.54 Å². The van der Waals surface area contributed by atoms with Crippen LogP contribution in [0.2, 0.25) is 0 Å². The standard InChI is InChI=1S/C13H16N2O3/c1-16-11-4-3-5-12(17-2)13(11)18-9-8-15-7-6-14-10-15/h3-7,10H,8-9H2,1-2H3. The van der Waals surface area contributed by atoms with Crippen molar-refractivity contribution in [3.05, 3.63) is 36.9 Å². The lowest BCUT2D eigenvalue weighted by Gasteiger charge is -2.14. The van der Waals surface area contributed by atoms with Crippen molar-refractivity contribution in [3.63, 3.8) is 0 Å². The van der Waals surface area contributed by atoms with Gasteiger partial charge in [0, 0.05) is 12.4 Å². The van der Waals surface area contributed by atoms with E-state index in [1.807, 2.05) is 29.0 Å². The number of hydrogen-bond acceptors (Lipinski definition) is 4. The van der Waals surface area contributed by atoms with Gasteiger partial charge in [-0.3, -0.25) is 0 Å². The summed E-state index contributed by atoms with van der Waals surface area (Å²) in [5.41, 5.74) is 0. The van der Waals surface area contributed by atoms with E-state index in [9.17, 15) is 0 Å². The molecule has 1 aromatic carbocycles. The molecule has 2 rings (SSSR count). The Bertz CT molecular complexity index is 461. The molecule has 5 nitrogen and oxygen atoms in total. The molecule has 0 aliphatic rings. The number of aromatic nitrogens is 2. The molecule has 0 N–H and O–H groups in total. The van der Waals surface area contributed by atoms with Crippen LogP contribution in [0.4, 0.5) is 0 Å². The molecule has 1 heterocycles. The van der Waals surface area contributed by atoms with Crippen molar-refractivity contribution in [3.8, 4) is 17.2 Å². The fraction of sp³-hybridized carbons (Fsp3) is 0.308. The molecule has 96 valence electrons. The topological polar surface area (TPSA) is 45.5 Å². The summed E-state index contributed by atoms with van der Waals surface area (Å²) >= 11 is 0. The Morgan fingerprint density at radius 2 is 1.89 bits per heavy atom. The number of methoxy groups -OCH3 is 2. The lowest BCUT2D eigenvalue weighted by atomic mass is 10.3. The zero-order valence-electron chi connectivity index (χ0n) is 10.5. The number of rotatable bonds is 6. The maximum Gasteiger partial charge on any atom is 0.203 e. The highest BCUT2D eigenvalue weighted by Gasteiger charge is 2.10. The Morgan fingerprint density at radius 3 is 2.44 bits per heavy atom. The van der Waals surface area contributed by atoms with Gasteiger partial charge in [0.05, 0.1) is 27.1 Å². The smallest absolute Gasteiger partial charge is 0.203 e. The first-order valence-corrected chi connectivity index (χ1v) is 5.64. The molecule has 0 radical (unpaired) electrons. The average Bonchev–Trinajstić information content (AvgIpc) is 2.92. The third-order valence-corrected chi connectivity index (χ3v) is 2.54. The highest BCUT2D eigenvalue weighted by Crippen LogP contribution is 2.36. The van der Waals surface area contributed by atoms with E-state index in [0.29, 0.717) is 23.9 Å². The first-order valence-electron chi connectivity index (χ1n) is 5.64. The first kappa shape index (κ1) is 12.3. The lowest BCUT2D eigenvalue weighted by molar-refractivity contribution is 0.263. The normalized spacial score (nSPS) is 10.1. The second kappa shape index (κ2) is 5.95. The van der Waals surface area contributed by atoms with Gasteiger partial charge in [-0.2, -0.15) is 0 Å². The van der Waals surface area contributed by atoms with Crippen LogP contribution in [0.25, 0.3) is 0 Å². The van der Waals surface area contributed by atoms with Gasteiger partial charge in [-0.15, -0.1) is 0 Å². The minimum Gasteiger partial charge on any atom is -0.493 e. The Balaban J connectivity index is 2.03. The number of hydrogen-bond donors (Lipinski definition) is 0. The molecule has 0 amide bonds. The van der Waals surface area contributed by atoms with Gasteiger partial charge >= 0.3 is 0 Å². The van der Waals surface area contributed by atoms with Crippen molar-refractivity contribution in [2.75, 3.05) is 20.8 Å². The van der Waals surface area contributed by atoms with Gasteiger partial charge in [-0.1, -0.05) is 6.07 Å². The van der Waals surface area contributed by atoms with Gasteiger partial charge < -0.3 is 18.8 Å². The van der Waals surface area contributed by atoms with Gasteiger partial charge in [0.15, 0.2) is 11.5 Å². The summed E-state index contributed by atoms with van der Waals surface area (Å²) in [4.78, 5) is 3.97. The summed E-state index contributed by atoms with van der Waals surface area (Å²) < 4.78 is 18.2. The van der Waals surface area contributed by atoms with Crippen molar-refractivity contribution >= 4 is 0 Å². The Kier molecular flexibility index (Phi) is 4.06. The predicted molar refractivity (Wildman–Crippen MR) is 67.3 cm³/mol. The molecular formula is C13H16N2O3. The summed E-state index contributed by atoms with van der Waals surface area (Å²) in [6.45, 7) is 1.24. The van der Waals surface area contributed by atoms with E-state index in [1.54, 1.807) is 26.7 Å². The van der Waals surface area contributed by atoms with Gasteiger partial charge in [0.2, 0.25) is 5.75 Å². The number of para-hydroxylation sites is 1. The van der Waals surface area contributed by atoms with Crippen LogP contribution in [0.1, 0.15) is 0 Å². The van der Waals surface area contributed by atoms with Crippen LogP contribution in [-0.4, -0.2) is 30.4 Å². The van der Waals surface area contributed by atoms with Gasteiger partial charge in [0.25, 0.3) is 0 Å². The highest BCUT2D eigenvalue weighted by atomic mass is 16.5. The van der Waals surface area contributed by atoms with Crippen LogP contribution in [0.3, 0.4) is 0 Å². The van der Waals surface area contributed by atoms with E-state index >= 15 is 0 Å². The molecule has 2 aromatic rings. The van der Waals surface area contributed by atoms with E-state index in [-0.39, 0.29) is 0 Å². The molecule has 0 aliphatic carbocycles. The Labute approximate surface area is 106 Å². The van der Waals surface area contributed by atoms with Crippen molar-refractivity contribution < 1.29 is 14.2 Å². The lowest BCUT2D eigenvalue weighted by Crippen LogP contribution is -2.08. The van der Waals surface area contributed by atoms with E-state index in [4.69, 9.17) is 14.2 Å². The number of ether oxygens (including phenoxy) is 3. The minimum atomic E-state index is 0.521. The first-order chi connectivity index (χ1) is 8.85. The van der Waals surface area contributed by atoms with E-state index in [0.717, 1.165) is 6.54 Å². The maximum absolute atomic E-state index is 5.72. The summed E-state index contributed by atoms with van der Waals surface area (Å²) in [5, 5.41) is 0. The van der Waals surface area contributed by atoms with Crippen LogP contribution < -0.4 is 14.2 Å². The minimum absolute atomic E-state index is 0.521. The van der Waals surface area contributed by atoms with Crippen LogP contribution in [0.5, 0.6) is 17.2 Å². The molecule has 18 heavy (non-hydrogen) atoms. The van der Waals surface area contributed by atoms with Gasteiger partial charge in [-0.05, 0) is 12.1 Å². The molecular weight excluding hydrogens is 232 g/mol. The number of imidazole rings is 1. The second-order valence-electron chi connectivity index (χ2n) is 3.64. The fourth-order valence-corrected chi connectivity index (χ4v) is 1.63. The molecule has 0 bridgehead atoms. The van der Waals surface area contributed by atoms with Gasteiger partial charge in [-0.25, -0.2) is 4.98 Å². The predicted octanol–water partition coefficient (Wildman–Crippen LogP) is 1.98. The number of benzene rings is 1. The molecule has 0 aliphatic heterocycles. The van der Waals surface area contributed by atoms with Crippen molar-refractivity contribution in [2.24, 2.45) is 0 Å². The molecule has 5 heteroatoms. The second-order valence-corrected chi connectivity index (χ2v) is 3.64. The zero-order valence-corrected chi connectivity index (χ0v) is 10.5. The zero-order chi connectivity index (χ0) is 12.8. The van der Waals surface area contributed by atoms with E-state index in [1.165, 1.54) is 0 Å². The molecule has 0 unspecified atom stereocenters. The maximum atomic E-state index is 5.72. The molecule has 1 aromatic heterocycles. The van der Waals surface area contributed by atoms with Gasteiger partial charge in [0.1, 0.15) is 6.61 Å². The summed E-state index contributed by atoms with van der Waals surface area (Å²) in [7, 11) is 3.22. The quantitative estimate of drug-likeness (QED) is 0.784. The summed E-state index contributed by atoms with van der Waals surface area (Å²) in [5.74, 6) is 1.96. The average molecular weight is 248 g/mol. The largest absolute Gasteiger partial charge is 0.493 e. The number of nitrogens with zero attached hydrogens (tertiary/aromatic N) is 2. The van der Waals surface area contributed by atoms with Crippen LogP contribution in [0, 0.1) is 0 Å². The SMILES string of the molecule is COc1cccc(OC)c1OCCn1ccnc1. The van der Waals surface area contributed by atoms with Crippen molar-refractivity contribution in [1.29, 1.82) is 0 Å². The molecule has 0 saturated heterocycles. The Morgan fingerprint density at radius 1 is 1.17 bits per heavy atom. The highest BCUT2D eigenvalue weighted by molar-refractivity contribution is 5.51. The van der Waals surface area contributed by atoms with Crippen molar-refractivity contribution in [1.82, 2.24) is 9.55 Å². The Hall–Kier alpha value is -2.17. The van der Waals surface area contributed by atoms with Crippen LogP contribution >= 0.6 is 0 Å². The van der Waals surface area contributed by atoms with Crippen LogP contribution in [0.15, 0.2) is 36.9 Å². The third kappa shape index (κ3) is 2.74. The van der Waals surface area contributed by atoms with E-state index in [2.05, 4.69) is 4.98 Å². The molecule has 0 atom stereocenters. The van der Waals surface area contributed by atoms with Crippen LogP contribution in [-0.2, 0) is 6.54 Å². The fourth-order valence-electron chi connectivity index (χ4n) is 1.63. The molecule has 0 fully saturated rings. The summed E-state index contributed by atoms with van der Waals surface area (Å²) in [6.07, 6.45) is 5.38. The summed E-state index contributed by atoms with van der Waals surface area (Å²) in [6, 6.07) is 5.55. The van der Waals surface area contributed by atoms with E-state index < -0.39 is 0 Å². The third-order valence-electron chi connectivity index (χ3n) is 2.54. The monoisotopic (exact) mass is 248 g/mol. The molecule has 0 spiro atoms.